The van der Waals surface area contributed by atoms with Crippen LogP contribution in [-0.4, -0.2) is 67.3 Å². The van der Waals surface area contributed by atoms with Crippen molar-refractivity contribution in [3.05, 3.63) is 53.6 Å². The molecular weight excluding hydrogens is 469 g/mol. The molecule has 1 aliphatic rings. The average Bonchev–Trinajstić information content (AvgIpc) is 3.21. The van der Waals surface area contributed by atoms with Crippen molar-refractivity contribution < 1.29 is 14.0 Å². The Balaban J connectivity index is 1.70. The van der Waals surface area contributed by atoms with Gasteiger partial charge in [-0.3, -0.25) is 9.59 Å². The molecule has 1 saturated heterocycles. The van der Waals surface area contributed by atoms with Crippen LogP contribution >= 0.6 is 11.6 Å². The number of piperazine rings is 1. The summed E-state index contributed by atoms with van der Waals surface area (Å²) in [4.78, 5) is 34.2. The van der Waals surface area contributed by atoms with Crippen LogP contribution in [0, 0.1) is 5.82 Å². The standard InChI is InChI=1S/C26H31ClFN5O2/c1-25(2,3)19-14-20(17-6-8-18(28)9-7-17)30-33-15-21(29-23(19)33)24(35)32-13-12-31(16-26(32,4)5)22(34)10-11-27/h6-9,14-15H,10-13,16H2,1-5H3. The lowest BCUT2D eigenvalue weighted by molar-refractivity contribution is -0.134. The number of fused-ring (bicyclic) bond motifs is 1. The fourth-order valence-corrected chi connectivity index (χ4v) is 4.68. The van der Waals surface area contributed by atoms with Crippen molar-refractivity contribution >= 4 is 29.1 Å². The molecule has 0 N–H and O–H groups in total. The average molecular weight is 500 g/mol. The van der Waals surface area contributed by atoms with Gasteiger partial charge in [-0.15, -0.1) is 11.6 Å². The third-order valence-electron chi connectivity index (χ3n) is 6.40. The molecule has 0 atom stereocenters. The Kier molecular flexibility index (Phi) is 6.62. The topological polar surface area (TPSA) is 70.8 Å². The molecule has 186 valence electrons. The Morgan fingerprint density at radius 1 is 1.14 bits per heavy atom. The molecule has 2 amide bonds. The van der Waals surface area contributed by atoms with E-state index >= 15 is 0 Å². The number of carbonyl (C=O) groups is 2. The Bertz CT molecular complexity index is 1260. The van der Waals surface area contributed by atoms with E-state index in [-0.39, 0.29) is 35.3 Å². The lowest BCUT2D eigenvalue weighted by Gasteiger charge is -2.46. The molecule has 0 spiro atoms. The Morgan fingerprint density at radius 2 is 1.83 bits per heavy atom. The molecule has 0 saturated carbocycles. The highest BCUT2D eigenvalue weighted by Gasteiger charge is 2.39. The lowest BCUT2D eigenvalue weighted by Crippen LogP contribution is -2.62. The van der Waals surface area contributed by atoms with Gasteiger partial charge < -0.3 is 9.80 Å². The smallest absolute Gasteiger partial charge is 0.274 e. The van der Waals surface area contributed by atoms with Crippen molar-refractivity contribution in [3.8, 4) is 11.3 Å². The van der Waals surface area contributed by atoms with Gasteiger partial charge in [-0.2, -0.15) is 5.10 Å². The molecule has 9 heteroatoms. The number of aromatic nitrogens is 3. The van der Waals surface area contributed by atoms with Crippen molar-refractivity contribution in [3.63, 3.8) is 0 Å². The molecule has 1 aromatic carbocycles. The second-order valence-corrected chi connectivity index (χ2v) is 11.0. The molecule has 35 heavy (non-hydrogen) atoms. The van der Waals surface area contributed by atoms with Gasteiger partial charge in [-0.1, -0.05) is 20.8 Å². The second-order valence-electron chi connectivity index (χ2n) is 10.6. The van der Waals surface area contributed by atoms with Gasteiger partial charge in [-0.05, 0) is 49.6 Å². The maximum atomic E-state index is 13.6. The first-order valence-corrected chi connectivity index (χ1v) is 12.3. The van der Waals surface area contributed by atoms with Crippen molar-refractivity contribution in [2.75, 3.05) is 25.5 Å². The Labute approximate surface area is 209 Å². The van der Waals surface area contributed by atoms with Gasteiger partial charge in [0, 0.05) is 43.1 Å². The van der Waals surface area contributed by atoms with Crippen molar-refractivity contribution in [2.24, 2.45) is 0 Å². The Hall–Kier alpha value is -3.00. The van der Waals surface area contributed by atoms with Gasteiger partial charge >= 0.3 is 0 Å². The molecule has 2 aromatic heterocycles. The van der Waals surface area contributed by atoms with Crippen LogP contribution in [0.25, 0.3) is 16.9 Å². The number of amides is 2. The van der Waals surface area contributed by atoms with Crippen LogP contribution in [0.4, 0.5) is 4.39 Å². The fraction of sp³-hybridized carbons (Fsp3) is 0.462. The van der Waals surface area contributed by atoms with Crippen LogP contribution in [-0.2, 0) is 10.2 Å². The summed E-state index contributed by atoms with van der Waals surface area (Å²) in [5.74, 6) is -0.232. The normalized spacial score (nSPS) is 16.1. The van der Waals surface area contributed by atoms with E-state index in [1.807, 2.05) is 19.9 Å². The third kappa shape index (κ3) is 5.03. The number of imidazole rings is 1. The van der Waals surface area contributed by atoms with Crippen molar-refractivity contribution in [2.45, 2.75) is 52.0 Å². The first-order valence-electron chi connectivity index (χ1n) is 11.7. The van der Waals surface area contributed by atoms with E-state index in [0.717, 1.165) is 11.1 Å². The monoisotopic (exact) mass is 499 g/mol. The largest absolute Gasteiger partial charge is 0.339 e. The molecule has 1 fully saturated rings. The second kappa shape index (κ2) is 9.22. The number of carbonyl (C=O) groups excluding carboxylic acids is 2. The van der Waals surface area contributed by atoms with Gasteiger partial charge in [0.1, 0.15) is 11.5 Å². The molecule has 0 unspecified atom stereocenters. The number of halogens is 2. The predicted molar refractivity (Wildman–Crippen MR) is 134 cm³/mol. The van der Waals surface area contributed by atoms with Crippen LogP contribution in [0.5, 0.6) is 0 Å². The summed E-state index contributed by atoms with van der Waals surface area (Å²) in [6.45, 7) is 11.4. The predicted octanol–water partition coefficient (Wildman–Crippen LogP) is 4.52. The van der Waals surface area contributed by atoms with Crippen LogP contribution in [0.3, 0.4) is 0 Å². The van der Waals surface area contributed by atoms with Crippen LogP contribution < -0.4 is 0 Å². The summed E-state index contributed by atoms with van der Waals surface area (Å²) in [5, 5.41) is 4.69. The van der Waals surface area contributed by atoms with Crippen LogP contribution in [0.2, 0.25) is 0 Å². The molecule has 3 heterocycles. The zero-order valence-electron chi connectivity index (χ0n) is 20.8. The van der Waals surface area contributed by atoms with Crippen molar-refractivity contribution in [1.29, 1.82) is 0 Å². The van der Waals surface area contributed by atoms with E-state index < -0.39 is 5.54 Å². The summed E-state index contributed by atoms with van der Waals surface area (Å²) in [5.41, 5.74) is 2.46. The molecule has 1 aliphatic heterocycles. The van der Waals surface area contributed by atoms with E-state index in [2.05, 4.69) is 25.9 Å². The Morgan fingerprint density at radius 3 is 2.43 bits per heavy atom. The zero-order valence-corrected chi connectivity index (χ0v) is 21.6. The highest BCUT2D eigenvalue weighted by molar-refractivity contribution is 6.18. The van der Waals surface area contributed by atoms with Crippen LogP contribution in [0.1, 0.15) is 57.1 Å². The van der Waals surface area contributed by atoms with Gasteiger partial charge in [0.15, 0.2) is 5.65 Å². The first-order chi connectivity index (χ1) is 16.4. The lowest BCUT2D eigenvalue weighted by atomic mass is 9.87. The van der Waals surface area contributed by atoms with Gasteiger partial charge in [-0.25, -0.2) is 13.9 Å². The number of nitrogens with zero attached hydrogens (tertiary/aromatic N) is 5. The number of benzene rings is 1. The van der Waals surface area contributed by atoms with E-state index in [4.69, 9.17) is 16.6 Å². The van der Waals surface area contributed by atoms with E-state index in [9.17, 15) is 14.0 Å². The van der Waals surface area contributed by atoms with E-state index in [1.54, 1.807) is 32.6 Å². The zero-order chi connectivity index (χ0) is 25.5. The maximum absolute atomic E-state index is 13.6. The molecule has 4 rings (SSSR count). The molecular formula is C26H31ClFN5O2. The van der Waals surface area contributed by atoms with Crippen molar-refractivity contribution in [1.82, 2.24) is 24.4 Å². The molecule has 0 aliphatic carbocycles. The molecule has 7 nitrogen and oxygen atoms in total. The number of hydrogen-bond donors (Lipinski definition) is 0. The molecule has 0 radical (unpaired) electrons. The first kappa shape index (κ1) is 25.1. The minimum atomic E-state index is -0.563. The third-order valence-corrected chi connectivity index (χ3v) is 6.59. The maximum Gasteiger partial charge on any atom is 0.274 e. The SMILES string of the molecule is CC(C)(C)c1cc(-c2ccc(F)cc2)nn2cc(C(=O)N3CCN(C(=O)CCCl)CC3(C)C)nc12. The highest BCUT2D eigenvalue weighted by atomic mass is 35.5. The summed E-state index contributed by atoms with van der Waals surface area (Å²) in [6, 6.07) is 8.13. The summed E-state index contributed by atoms with van der Waals surface area (Å²) in [6.07, 6.45) is 1.94. The van der Waals surface area contributed by atoms with Gasteiger partial charge in [0.25, 0.3) is 5.91 Å². The van der Waals surface area contributed by atoms with Gasteiger partial charge in [0.05, 0.1) is 17.4 Å². The van der Waals surface area contributed by atoms with Crippen LogP contribution in [0.15, 0.2) is 36.5 Å². The van der Waals surface area contributed by atoms with E-state index in [0.29, 0.717) is 36.7 Å². The minimum Gasteiger partial charge on any atom is -0.339 e. The quantitative estimate of drug-likeness (QED) is 0.495. The number of hydrogen-bond acceptors (Lipinski definition) is 4. The molecule has 3 aromatic rings. The summed E-state index contributed by atoms with van der Waals surface area (Å²) < 4.78 is 15.1. The summed E-state index contributed by atoms with van der Waals surface area (Å²) in [7, 11) is 0. The number of alkyl halides is 1. The highest BCUT2D eigenvalue weighted by Crippen LogP contribution is 2.31. The number of rotatable bonds is 4. The van der Waals surface area contributed by atoms with E-state index in [1.165, 1.54) is 12.1 Å². The molecule has 0 bridgehead atoms. The minimum absolute atomic E-state index is 0.000228. The fourth-order valence-electron chi connectivity index (χ4n) is 4.52. The summed E-state index contributed by atoms with van der Waals surface area (Å²) >= 11 is 5.74. The van der Waals surface area contributed by atoms with Gasteiger partial charge in [0.2, 0.25) is 5.91 Å².